The molecule has 1 aromatic heterocycles. The van der Waals surface area contributed by atoms with E-state index in [1.165, 1.54) is 11.3 Å². The fourth-order valence-electron chi connectivity index (χ4n) is 3.07. The number of anilines is 1. The molecule has 0 aliphatic carbocycles. The number of aromatic nitrogens is 2. The van der Waals surface area contributed by atoms with Gasteiger partial charge in [0, 0.05) is 24.3 Å². The van der Waals surface area contributed by atoms with Crippen molar-refractivity contribution in [2.75, 3.05) is 5.32 Å². The highest BCUT2D eigenvalue weighted by Gasteiger charge is 2.14. The summed E-state index contributed by atoms with van der Waals surface area (Å²) in [5.41, 5.74) is 6.55. The molecule has 0 unspecified atom stereocenters. The number of hydrogen-bond donors (Lipinski definition) is 1. The van der Waals surface area contributed by atoms with Crippen molar-refractivity contribution < 1.29 is 4.79 Å². The molecule has 1 amide bonds. The van der Waals surface area contributed by atoms with Gasteiger partial charge in [-0.3, -0.25) is 9.48 Å². The molecule has 0 aliphatic rings. The Balaban J connectivity index is 2.03. The average molecular weight is 327 g/mol. The first-order valence-electron chi connectivity index (χ1n) is 8.68. The lowest BCUT2D eigenvalue weighted by Gasteiger charge is -2.11. The summed E-state index contributed by atoms with van der Waals surface area (Å²) in [6.45, 7) is 13.5. The molecule has 2 aromatic rings. The van der Waals surface area contributed by atoms with Gasteiger partial charge in [-0.15, -0.1) is 0 Å². The van der Waals surface area contributed by atoms with Crippen LogP contribution in [0.4, 0.5) is 5.69 Å². The van der Waals surface area contributed by atoms with Gasteiger partial charge in [-0.1, -0.05) is 32.0 Å². The number of amides is 1. The van der Waals surface area contributed by atoms with Crippen LogP contribution in [0.5, 0.6) is 0 Å². The molecule has 0 saturated heterocycles. The highest BCUT2D eigenvalue weighted by molar-refractivity contribution is 5.92. The smallest absolute Gasteiger partial charge is 0.224 e. The molecule has 0 fully saturated rings. The molecule has 24 heavy (non-hydrogen) atoms. The molecule has 2 rings (SSSR count). The molecule has 1 aromatic carbocycles. The molecule has 0 radical (unpaired) electrons. The Labute approximate surface area is 145 Å². The number of hydrogen-bond acceptors (Lipinski definition) is 2. The third kappa shape index (κ3) is 4.25. The quantitative estimate of drug-likeness (QED) is 0.857. The number of nitrogens with one attached hydrogen (secondary N) is 1. The SMILES string of the molecule is Cc1cccc(C)c1NC(=O)CCc1c(C)nn(CC(C)C)c1C. The highest BCUT2D eigenvalue weighted by atomic mass is 16.1. The summed E-state index contributed by atoms with van der Waals surface area (Å²) in [5.74, 6) is 0.617. The van der Waals surface area contributed by atoms with E-state index in [0.29, 0.717) is 12.3 Å². The van der Waals surface area contributed by atoms with Crippen LogP contribution in [0, 0.1) is 33.6 Å². The van der Waals surface area contributed by atoms with E-state index in [4.69, 9.17) is 0 Å². The van der Waals surface area contributed by atoms with Gasteiger partial charge in [0.15, 0.2) is 0 Å². The van der Waals surface area contributed by atoms with Gasteiger partial charge in [-0.25, -0.2) is 0 Å². The number of carbonyl (C=O) groups excluding carboxylic acids is 1. The molecule has 0 bridgehead atoms. The summed E-state index contributed by atoms with van der Waals surface area (Å²) in [7, 11) is 0. The van der Waals surface area contributed by atoms with E-state index in [1.54, 1.807) is 0 Å². The topological polar surface area (TPSA) is 46.9 Å². The van der Waals surface area contributed by atoms with Crippen LogP contribution >= 0.6 is 0 Å². The van der Waals surface area contributed by atoms with Crippen LogP contribution in [-0.4, -0.2) is 15.7 Å². The van der Waals surface area contributed by atoms with Crippen molar-refractivity contribution in [3.63, 3.8) is 0 Å². The Morgan fingerprint density at radius 1 is 1.17 bits per heavy atom. The van der Waals surface area contributed by atoms with Gasteiger partial charge >= 0.3 is 0 Å². The van der Waals surface area contributed by atoms with Crippen LogP contribution in [0.25, 0.3) is 0 Å². The van der Waals surface area contributed by atoms with Gasteiger partial charge in [0.2, 0.25) is 5.91 Å². The first kappa shape index (κ1) is 18.2. The van der Waals surface area contributed by atoms with Gasteiger partial charge in [0.05, 0.1) is 5.69 Å². The van der Waals surface area contributed by atoms with Crippen molar-refractivity contribution in [3.05, 3.63) is 46.3 Å². The monoisotopic (exact) mass is 327 g/mol. The van der Waals surface area contributed by atoms with Crippen molar-refractivity contribution in [1.82, 2.24) is 9.78 Å². The van der Waals surface area contributed by atoms with Gasteiger partial charge in [0.25, 0.3) is 0 Å². The summed E-state index contributed by atoms with van der Waals surface area (Å²) in [5, 5.41) is 7.69. The number of rotatable bonds is 6. The molecule has 0 spiro atoms. The van der Waals surface area contributed by atoms with E-state index in [1.807, 2.05) is 39.0 Å². The lowest BCUT2D eigenvalue weighted by Crippen LogP contribution is -2.14. The Morgan fingerprint density at radius 2 is 1.79 bits per heavy atom. The average Bonchev–Trinajstić information content (AvgIpc) is 2.75. The Morgan fingerprint density at radius 3 is 2.38 bits per heavy atom. The molecule has 4 heteroatoms. The zero-order chi connectivity index (χ0) is 17.9. The normalized spacial score (nSPS) is 11.1. The first-order valence-corrected chi connectivity index (χ1v) is 8.68. The van der Waals surface area contributed by atoms with Crippen LogP contribution in [0.1, 0.15) is 48.3 Å². The standard InChI is InChI=1S/C20H29N3O/c1-13(2)12-23-17(6)18(16(5)22-23)10-11-19(24)21-20-14(3)8-7-9-15(20)4/h7-9,13H,10-12H2,1-6H3,(H,21,24). The summed E-state index contributed by atoms with van der Waals surface area (Å²) >= 11 is 0. The molecule has 1 N–H and O–H groups in total. The first-order chi connectivity index (χ1) is 11.3. The van der Waals surface area contributed by atoms with Crippen LogP contribution in [0.3, 0.4) is 0 Å². The van der Waals surface area contributed by atoms with Gasteiger partial charge in [-0.05, 0) is 56.7 Å². The van der Waals surface area contributed by atoms with Crippen molar-refractivity contribution in [1.29, 1.82) is 0 Å². The van der Waals surface area contributed by atoms with Crippen LogP contribution < -0.4 is 5.32 Å². The Bertz CT molecular complexity index is 708. The number of nitrogens with zero attached hydrogens (tertiary/aromatic N) is 2. The maximum absolute atomic E-state index is 12.4. The minimum Gasteiger partial charge on any atom is -0.326 e. The number of aryl methyl sites for hydroxylation is 3. The van der Waals surface area contributed by atoms with Crippen molar-refractivity contribution in [3.8, 4) is 0 Å². The number of carbonyl (C=O) groups is 1. The second kappa shape index (κ2) is 7.65. The van der Waals surface area contributed by atoms with E-state index in [-0.39, 0.29) is 5.91 Å². The largest absolute Gasteiger partial charge is 0.326 e. The third-order valence-electron chi connectivity index (χ3n) is 4.42. The summed E-state index contributed by atoms with van der Waals surface area (Å²) < 4.78 is 2.07. The lowest BCUT2D eigenvalue weighted by atomic mass is 10.1. The van der Waals surface area contributed by atoms with E-state index < -0.39 is 0 Å². The van der Waals surface area contributed by atoms with Gasteiger partial charge in [-0.2, -0.15) is 5.10 Å². The van der Waals surface area contributed by atoms with E-state index in [2.05, 4.69) is 35.9 Å². The van der Waals surface area contributed by atoms with Crippen molar-refractivity contribution in [2.45, 2.75) is 60.9 Å². The highest BCUT2D eigenvalue weighted by Crippen LogP contribution is 2.21. The molecule has 0 aliphatic heterocycles. The second-order valence-electron chi connectivity index (χ2n) is 7.04. The summed E-state index contributed by atoms with van der Waals surface area (Å²) in [6, 6.07) is 6.05. The Hall–Kier alpha value is -2.10. The fraction of sp³-hybridized carbons (Fsp3) is 0.500. The Kier molecular flexibility index (Phi) is 5.81. The maximum atomic E-state index is 12.4. The van der Waals surface area contributed by atoms with Crippen LogP contribution in [0.15, 0.2) is 18.2 Å². The molecule has 1 heterocycles. The summed E-state index contributed by atoms with van der Waals surface area (Å²) in [6.07, 6.45) is 1.20. The van der Waals surface area contributed by atoms with Crippen molar-refractivity contribution in [2.24, 2.45) is 5.92 Å². The molecule has 130 valence electrons. The molecule has 4 nitrogen and oxygen atoms in total. The maximum Gasteiger partial charge on any atom is 0.224 e. The molecular weight excluding hydrogens is 298 g/mol. The third-order valence-corrected chi connectivity index (χ3v) is 4.42. The second-order valence-corrected chi connectivity index (χ2v) is 7.04. The minimum atomic E-state index is 0.0582. The van der Waals surface area contributed by atoms with E-state index in [0.717, 1.165) is 35.5 Å². The van der Waals surface area contributed by atoms with Crippen LogP contribution in [0.2, 0.25) is 0 Å². The van der Waals surface area contributed by atoms with Gasteiger partial charge < -0.3 is 5.32 Å². The number of para-hydroxylation sites is 1. The zero-order valence-corrected chi connectivity index (χ0v) is 15.7. The predicted octanol–water partition coefficient (Wildman–Crippen LogP) is 4.34. The van der Waals surface area contributed by atoms with E-state index >= 15 is 0 Å². The molecular formula is C20H29N3O. The lowest BCUT2D eigenvalue weighted by molar-refractivity contribution is -0.116. The summed E-state index contributed by atoms with van der Waals surface area (Å²) in [4.78, 5) is 12.4. The van der Waals surface area contributed by atoms with Crippen LogP contribution in [-0.2, 0) is 17.8 Å². The zero-order valence-electron chi connectivity index (χ0n) is 15.7. The predicted molar refractivity (Wildman–Crippen MR) is 99.4 cm³/mol. The number of benzene rings is 1. The van der Waals surface area contributed by atoms with Gasteiger partial charge in [0.1, 0.15) is 0 Å². The molecule has 0 saturated carbocycles. The van der Waals surface area contributed by atoms with Crippen molar-refractivity contribution >= 4 is 11.6 Å². The molecule has 0 atom stereocenters. The minimum absolute atomic E-state index is 0.0582. The fourth-order valence-corrected chi connectivity index (χ4v) is 3.07. The van der Waals surface area contributed by atoms with E-state index in [9.17, 15) is 4.79 Å².